The summed E-state index contributed by atoms with van der Waals surface area (Å²) in [5.74, 6) is 1.38. The molecule has 4 nitrogen and oxygen atoms in total. The average Bonchev–Trinajstić information content (AvgIpc) is 2.56. The molecule has 104 valence electrons. The average molecular weight is 277 g/mol. The van der Waals surface area contributed by atoms with Crippen LogP contribution in [0.4, 0.5) is 11.6 Å². The maximum Gasteiger partial charge on any atom is 0.227 e. The van der Waals surface area contributed by atoms with Crippen molar-refractivity contribution >= 4 is 11.6 Å². The van der Waals surface area contributed by atoms with Crippen LogP contribution in [0.3, 0.4) is 0 Å². The molecule has 2 aromatic carbocycles. The normalized spacial score (nSPS) is 10.1. The van der Waals surface area contributed by atoms with Gasteiger partial charge in [-0.15, -0.1) is 0 Å². The first kappa shape index (κ1) is 13.1. The zero-order valence-corrected chi connectivity index (χ0v) is 11.7. The number of nitrogens with zero attached hydrogens (tertiary/aromatic N) is 2. The van der Waals surface area contributed by atoms with Gasteiger partial charge in [0.25, 0.3) is 0 Å². The van der Waals surface area contributed by atoms with Gasteiger partial charge in [0.2, 0.25) is 5.95 Å². The van der Waals surface area contributed by atoms with Gasteiger partial charge in [0.1, 0.15) is 5.75 Å². The Kier molecular flexibility index (Phi) is 3.78. The van der Waals surface area contributed by atoms with E-state index in [1.54, 1.807) is 13.3 Å². The van der Waals surface area contributed by atoms with E-state index in [1.807, 2.05) is 60.7 Å². The minimum absolute atomic E-state index is 0.571. The molecule has 0 aliphatic rings. The first-order valence-electron chi connectivity index (χ1n) is 6.65. The number of ether oxygens (including phenoxy) is 1. The first-order chi connectivity index (χ1) is 10.3. The van der Waals surface area contributed by atoms with E-state index in [0.29, 0.717) is 5.95 Å². The lowest BCUT2D eigenvalue weighted by atomic mass is 10.1. The molecule has 4 heteroatoms. The molecule has 1 N–H and O–H groups in total. The van der Waals surface area contributed by atoms with E-state index in [1.165, 1.54) is 0 Å². The van der Waals surface area contributed by atoms with Crippen molar-refractivity contribution in [3.8, 4) is 17.0 Å². The smallest absolute Gasteiger partial charge is 0.227 e. The zero-order chi connectivity index (χ0) is 14.5. The summed E-state index contributed by atoms with van der Waals surface area (Å²) in [5.41, 5.74) is 2.80. The highest BCUT2D eigenvalue weighted by molar-refractivity contribution is 5.63. The molecule has 0 saturated carbocycles. The summed E-state index contributed by atoms with van der Waals surface area (Å²) < 4.78 is 5.24. The first-order valence-corrected chi connectivity index (χ1v) is 6.65. The van der Waals surface area contributed by atoms with Gasteiger partial charge >= 0.3 is 0 Å². The fourth-order valence-electron chi connectivity index (χ4n) is 2.01. The largest absolute Gasteiger partial charge is 0.497 e. The molecule has 0 aliphatic heterocycles. The molecule has 1 heterocycles. The van der Waals surface area contributed by atoms with Crippen LogP contribution in [0.15, 0.2) is 66.9 Å². The lowest BCUT2D eigenvalue weighted by Gasteiger charge is -2.07. The van der Waals surface area contributed by atoms with Crippen molar-refractivity contribution in [2.24, 2.45) is 0 Å². The highest BCUT2D eigenvalue weighted by Gasteiger charge is 2.04. The van der Waals surface area contributed by atoms with Crippen LogP contribution in [0.1, 0.15) is 0 Å². The van der Waals surface area contributed by atoms with Crippen LogP contribution in [-0.2, 0) is 0 Å². The summed E-state index contributed by atoms with van der Waals surface area (Å²) in [6.45, 7) is 0. The molecule has 0 aliphatic carbocycles. The Hall–Kier alpha value is -2.88. The van der Waals surface area contributed by atoms with Crippen molar-refractivity contribution in [1.29, 1.82) is 0 Å². The fourth-order valence-corrected chi connectivity index (χ4v) is 2.01. The van der Waals surface area contributed by atoms with Crippen LogP contribution in [0.2, 0.25) is 0 Å². The molecule has 3 rings (SSSR count). The summed E-state index contributed by atoms with van der Waals surface area (Å²) in [5, 5.41) is 3.19. The molecule has 0 spiro atoms. The molecule has 0 amide bonds. The molecular formula is C17H15N3O. The van der Waals surface area contributed by atoms with Gasteiger partial charge in [0.15, 0.2) is 0 Å². The number of methoxy groups -OCH3 is 1. The maximum absolute atomic E-state index is 5.24. The van der Waals surface area contributed by atoms with Crippen LogP contribution < -0.4 is 10.1 Å². The Morgan fingerprint density at radius 2 is 1.81 bits per heavy atom. The summed E-state index contributed by atoms with van der Waals surface area (Å²) in [6, 6.07) is 19.5. The number of rotatable bonds is 4. The highest BCUT2D eigenvalue weighted by Crippen LogP contribution is 2.23. The van der Waals surface area contributed by atoms with Crippen molar-refractivity contribution in [1.82, 2.24) is 9.97 Å². The van der Waals surface area contributed by atoms with E-state index < -0.39 is 0 Å². The van der Waals surface area contributed by atoms with E-state index in [2.05, 4.69) is 15.3 Å². The Balaban J connectivity index is 1.89. The van der Waals surface area contributed by atoms with Gasteiger partial charge in [-0.3, -0.25) is 0 Å². The Morgan fingerprint density at radius 3 is 2.62 bits per heavy atom. The second-order valence-corrected chi connectivity index (χ2v) is 4.49. The van der Waals surface area contributed by atoms with E-state index >= 15 is 0 Å². The second-order valence-electron chi connectivity index (χ2n) is 4.49. The maximum atomic E-state index is 5.24. The number of hydrogen-bond acceptors (Lipinski definition) is 4. The minimum atomic E-state index is 0.571. The van der Waals surface area contributed by atoms with Gasteiger partial charge in [-0.2, -0.15) is 0 Å². The molecule has 21 heavy (non-hydrogen) atoms. The number of aromatic nitrogens is 2. The predicted octanol–water partition coefficient (Wildman–Crippen LogP) is 3.90. The summed E-state index contributed by atoms with van der Waals surface area (Å²) >= 11 is 0. The van der Waals surface area contributed by atoms with Crippen LogP contribution in [0.5, 0.6) is 5.75 Å². The minimum Gasteiger partial charge on any atom is -0.497 e. The van der Waals surface area contributed by atoms with Gasteiger partial charge < -0.3 is 10.1 Å². The Labute approximate surface area is 123 Å². The molecule has 0 atom stereocenters. The lowest BCUT2D eigenvalue weighted by Crippen LogP contribution is -1.97. The number of anilines is 2. The van der Waals surface area contributed by atoms with E-state index in [-0.39, 0.29) is 0 Å². The van der Waals surface area contributed by atoms with Gasteiger partial charge in [0, 0.05) is 17.4 Å². The summed E-state index contributed by atoms with van der Waals surface area (Å²) in [4.78, 5) is 8.79. The third kappa shape index (κ3) is 3.17. The standard InChI is InChI=1S/C17H15N3O/c1-21-15-9-5-6-13(12-15)16-10-11-18-17(20-16)19-14-7-3-2-4-8-14/h2-12H,1H3,(H,18,19,20). The predicted molar refractivity (Wildman–Crippen MR) is 83.7 cm³/mol. The van der Waals surface area contributed by atoms with E-state index in [4.69, 9.17) is 4.74 Å². The number of para-hydroxylation sites is 1. The fraction of sp³-hybridized carbons (Fsp3) is 0.0588. The van der Waals surface area contributed by atoms with Crippen molar-refractivity contribution in [2.45, 2.75) is 0 Å². The second kappa shape index (κ2) is 6.05. The zero-order valence-electron chi connectivity index (χ0n) is 11.7. The highest BCUT2D eigenvalue weighted by atomic mass is 16.5. The number of nitrogens with one attached hydrogen (secondary N) is 1. The van der Waals surface area contributed by atoms with Crippen LogP contribution >= 0.6 is 0 Å². The van der Waals surface area contributed by atoms with Gasteiger partial charge in [-0.05, 0) is 30.3 Å². The third-order valence-corrected chi connectivity index (χ3v) is 3.05. The van der Waals surface area contributed by atoms with Crippen LogP contribution in [0.25, 0.3) is 11.3 Å². The molecule has 0 fully saturated rings. The van der Waals surface area contributed by atoms with Crippen molar-refractivity contribution in [3.63, 3.8) is 0 Å². The molecule has 3 aromatic rings. The van der Waals surface area contributed by atoms with Crippen molar-refractivity contribution in [3.05, 3.63) is 66.9 Å². The van der Waals surface area contributed by atoms with E-state index in [9.17, 15) is 0 Å². The number of benzene rings is 2. The van der Waals surface area contributed by atoms with Crippen molar-refractivity contribution < 1.29 is 4.74 Å². The van der Waals surface area contributed by atoms with Crippen LogP contribution in [0, 0.1) is 0 Å². The Bertz CT molecular complexity index is 729. The summed E-state index contributed by atoms with van der Waals surface area (Å²) in [6.07, 6.45) is 1.74. The third-order valence-electron chi connectivity index (χ3n) is 3.05. The quantitative estimate of drug-likeness (QED) is 0.785. The molecule has 1 aromatic heterocycles. The number of hydrogen-bond donors (Lipinski definition) is 1. The van der Waals surface area contributed by atoms with Gasteiger partial charge in [-0.25, -0.2) is 9.97 Å². The monoisotopic (exact) mass is 277 g/mol. The van der Waals surface area contributed by atoms with Crippen molar-refractivity contribution in [2.75, 3.05) is 12.4 Å². The lowest BCUT2D eigenvalue weighted by molar-refractivity contribution is 0.415. The van der Waals surface area contributed by atoms with Gasteiger partial charge in [-0.1, -0.05) is 30.3 Å². The van der Waals surface area contributed by atoms with Gasteiger partial charge in [0.05, 0.1) is 12.8 Å². The summed E-state index contributed by atoms with van der Waals surface area (Å²) in [7, 11) is 1.65. The molecule has 0 unspecified atom stereocenters. The molecule has 0 radical (unpaired) electrons. The topological polar surface area (TPSA) is 47.0 Å². The van der Waals surface area contributed by atoms with Crippen LogP contribution in [-0.4, -0.2) is 17.1 Å². The molecule has 0 saturated heterocycles. The molecule has 0 bridgehead atoms. The SMILES string of the molecule is COc1cccc(-c2ccnc(Nc3ccccc3)n2)c1. The Morgan fingerprint density at radius 1 is 0.952 bits per heavy atom. The van der Waals surface area contributed by atoms with E-state index in [0.717, 1.165) is 22.7 Å². The molecular weight excluding hydrogens is 262 g/mol.